The molecule has 0 aliphatic rings. The van der Waals surface area contributed by atoms with Crippen LogP contribution >= 0.6 is 0 Å². The first-order chi connectivity index (χ1) is 6.72. The van der Waals surface area contributed by atoms with Crippen LogP contribution in [0, 0.1) is 0 Å². The highest BCUT2D eigenvalue weighted by molar-refractivity contribution is 4.76. The van der Waals surface area contributed by atoms with Gasteiger partial charge in [0.1, 0.15) is 0 Å². The molecule has 0 aromatic heterocycles. The SMILES string of the molecule is C=CCCCCCCC(N)C(N)CN. The minimum absolute atomic E-state index is 0.0387. The van der Waals surface area contributed by atoms with E-state index in [0.29, 0.717) is 6.54 Å². The molecule has 0 aromatic carbocycles. The number of hydrogen-bond donors (Lipinski definition) is 3. The van der Waals surface area contributed by atoms with Crippen LogP contribution in [0.25, 0.3) is 0 Å². The van der Waals surface area contributed by atoms with Gasteiger partial charge in [-0.3, -0.25) is 0 Å². The van der Waals surface area contributed by atoms with Crippen molar-refractivity contribution >= 4 is 0 Å². The minimum Gasteiger partial charge on any atom is -0.329 e. The first-order valence-electron chi connectivity index (χ1n) is 5.54. The van der Waals surface area contributed by atoms with Crippen LogP contribution in [0.15, 0.2) is 12.7 Å². The van der Waals surface area contributed by atoms with Gasteiger partial charge >= 0.3 is 0 Å². The van der Waals surface area contributed by atoms with Crippen LogP contribution < -0.4 is 17.2 Å². The average molecular weight is 199 g/mol. The molecule has 0 saturated heterocycles. The zero-order chi connectivity index (χ0) is 10.8. The second-order valence-corrected chi connectivity index (χ2v) is 3.84. The molecule has 0 rings (SSSR count). The Labute approximate surface area is 87.7 Å². The molecule has 2 unspecified atom stereocenters. The molecule has 0 fully saturated rings. The molecule has 0 amide bonds. The van der Waals surface area contributed by atoms with Crippen molar-refractivity contribution in [1.29, 1.82) is 0 Å². The van der Waals surface area contributed by atoms with Crippen molar-refractivity contribution < 1.29 is 0 Å². The molecule has 0 spiro atoms. The number of unbranched alkanes of at least 4 members (excludes halogenated alkanes) is 4. The van der Waals surface area contributed by atoms with Crippen molar-refractivity contribution in [2.45, 2.75) is 50.6 Å². The second-order valence-electron chi connectivity index (χ2n) is 3.84. The Hall–Kier alpha value is -0.380. The van der Waals surface area contributed by atoms with Gasteiger partial charge in [-0.1, -0.05) is 25.3 Å². The molecule has 0 radical (unpaired) electrons. The first kappa shape index (κ1) is 13.6. The molecule has 0 aliphatic carbocycles. The molecule has 0 aliphatic heterocycles. The van der Waals surface area contributed by atoms with Crippen molar-refractivity contribution in [3.8, 4) is 0 Å². The number of allylic oxidation sites excluding steroid dienone is 1. The summed E-state index contributed by atoms with van der Waals surface area (Å²) in [6.45, 7) is 4.17. The van der Waals surface area contributed by atoms with E-state index in [1.165, 1.54) is 19.3 Å². The maximum absolute atomic E-state index is 5.85. The van der Waals surface area contributed by atoms with E-state index in [4.69, 9.17) is 17.2 Å². The standard InChI is InChI=1S/C11H25N3/c1-2-3-4-5-6-7-8-10(13)11(14)9-12/h2,10-11H,1,3-9,12-14H2. The summed E-state index contributed by atoms with van der Waals surface area (Å²) in [5.74, 6) is 0. The van der Waals surface area contributed by atoms with Gasteiger partial charge in [0, 0.05) is 18.6 Å². The summed E-state index contributed by atoms with van der Waals surface area (Å²) in [5.41, 5.74) is 17.0. The fraction of sp³-hybridized carbons (Fsp3) is 0.818. The van der Waals surface area contributed by atoms with E-state index >= 15 is 0 Å². The summed E-state index contributed by atoms with van der Waals surface area (Å²) < 4.78 is 0. The summed E-state index contributed by atoms with van der Waals surface area (Å²) in [4.78, 5) is 0. The number of rotatable bonds is 9. The highest BCUT2D eigenvalue weighted by Gasteiger charge is 2.09. The highest BCUT2D eigenvalue weighted by atomic mass is 14.8. The fourth-order valence-corrected chi connectivity index (χ4v) is 1.41. The van der Waals surface area contributed by atoms with Gasteiger partial charge in [-0.05, 0) is 19.3 Å². The first-order valence-corrected chi connectivity index (χ1v) is 5.54. The number of nitrogens with two attached hydrogens (primary N) is 3. The van der Waals surface area contributed by atoms with E-state index in [1.807, 2.05) is 6.08 Å². The molecule has 0 saturated carbocycles. The molecule has 84 valence electrons. The zero-order valence-corrected chi connectivity index (χ0v) is 9.12. The lowest BCUT2D eigenvalue weighted by Crippen LogP contribution is -2.46. The van der Waals surface area contributed by atoms with Gasteiger partial charge in [0.05, 0.1) is 0 Å². The summed E-state index contributed by atoms with van der Waals surface area (Å²) in [6.07, 6.45) is 8.97. The molecular formula is C11H25N3. The van der Waals surface area contributed by atoms with Gasteiger partial charge in [-0.2, -0.15) is 0 Å². The normalized spacial score (nSPS) is 15.1. The lowest BCUT2D eigenvalue weighted by Gasteiger charge is -2.17. The van der Waals surface area contributed by atoms with E-state index in [0.717, 1.165) is 19.3 Å². The highest BCUT2D eigenvalue weighted by Crippen LogP contribution is 2.07. The predicted molar refractivity (Wildman–Crippen MR) is 62.9 cm³/mol. The van der Waals surface area contributed by atoms with Gasteiger partial charge in [-0.25, -0.2) is 0 Å². The topological polar surface area (TPSA) is 78.1 Å². The minimum atomic E-state index is -0.0387. The van der Waals surface area contributed by atoms with Crippen LogP contribution in [-0.4, -0.2) is 18.6 Å². The third-order valence-electron chi connectivity index (χ3n) is 2.52. The van der Waals surface area contributed by atoms with Crippen molar-refractivity contribution in [3.63, 3.8) is 0 Å². The molecule has 3 nitrogen and oxygen atoms in total. The van der Waals surface area contributed by atoms with E-state index in [-0.39, 0.29) is 12.1 Å². The van der Waals surface area contributed by atoms with Crippen LogP contribution in [0.5, 0.6) is 0 Å². The van der Waals surface area contributed by atoms with Crippen LogP contribution in [-0.2, 0) is 0 Å². The lowest BCUT2D eigenvalue weighted by atomic mass is 10.0. The van der Waals surface area contributed by atoms with Crippen molar-refractivity contribution in [2.24, 2.45) is 17.2 Å². The van der Waals surface area contributed by atoms with Crippen LogP contribution in [0.3, 0.4) is 0 Å². The van der Waals surface area contributed by atoms with E-state index in [1.54, 1.807) is 0 Å². The smallest absolute Gasteiger partial charge is 0.0317 e. The Bertz CT molecular complexity index is 136. The molecule has 3 heteroatoms. The van der Waals surface area contributed by atoms with Gasteiger partial charge in [0.2, 0.25) is 0 Å². The quantitative estimate of drug-likeness (QED) is 0.385. The summed E-state index contributed by atoms with van der Waals surface area (Å²) in [6, 6.07) is 0.0302. The van der Waals surface area contributed by atoms with Gasteiger partial charge in [0.25, 0.3) is 0 Å². The molecular weight excluding hydrogens is 174 g/mol. The third-order valence-corrected chi connectivity index (χ3v) is 2.52. The van der Waals surface area contributed by atoms with E-state index in [9.17, 15) is 0 Å². The van der Waals surface area contributed by atoms with E-state index < -0.39 is 0 Å². The molecule has 2 atom stereocenters. The molecule has 6 N–H and O–H groups in total. The Kier molecular flexibility index (Phi) is 8.94. The monoisotopic (exact) mass is 199 g/mol. The fourth-order valence-electron chi connectivity index (χ4n) is 1.41. The molecule has 0 heterocycles. The van der Waals surface area contributed by atoms with Gasteiger partial charge in [0.15, 0.2) is 0 Å². The molecule has 0 aromatic rings. The second kappa shape index (κ2) is 9.19. The summed E-state index contributed by atoms with van der Waals surface area (Å²) >= 11 is 0. The predicted octanol–water partition coefficient (Wildman–Crippen LogP) is 1.13. The van der Waals surface area contributed by atoms with Crippen LogP contribution in [0.4, 0.5) is 0 Å². The maximum atomic E-state index is 5.85. The Morgan fingerprint density at radius 2 is 1.64 bits per heavy atom. The summed E-state index contributed by atoms with van der Waals surface area (Å²) in [5, 5.41) is 0. The van der Waals surface area contributed by atoms with Crippen molar-refractivity contribution in [3.05, 3.63) is 12.7 Å². The Morgan fingerprint density at radius 1 is 1.00 bits per heavy atom. The Morgan fingerprint density at radius 3 is 2.21 bits per heavy atom. The van der Waals surface area contributed by atoms with Gasteiger partial charge < -0.3 is 17.2 Å². The van der Waals surface area contributed by atoms with Gasteiger partial charge in [-0.15, -0.1) is 6.58 Å². The molecule has 14 heavy (non-hydrogen) atoms. The van der Waals surface area contributed by atoms with Crippen LogP contribution in [0.1, 0.15) is 38.5 Å². The van der Waals surface area contributed by atoms with E-state index in [2.05, 4.69) is 6.58 Å². The summed E-state index contributed by atoms with van der Waals surface area (Å²) in [7, 11) is 0. The number of hydrogen-bond acceptors (Lipinski definition) is 3. The largest absolute Gasteiger partial charge is 0.329 e. The molecule has 0 bridgehead atoms. The lowest BCUT2D eigenvalue weighted by molar-refractivity contribution is 0.472. The van der Waals surface area contributed by atoms with Crippen molar-refractivity contribution in [1.82, 2.24) is 0 Å². The Balaban J connectivity index is 3.22. The van der Waals surface area contributed by atoms with Crippen LogP contribution in [0.2, 0.25) is 0 Å². The van der Waals surface area contributed by atoms with Crippen molar-refractivity contribution in [2.75, 3.05) is 6.54 Å². The maximum Gasteiger partial charge on any atom is 0.0317 e. The average Bonchev–Trinajstić information content (AvgIpc) is 2.21. The zero-order valence-electron chi connectivity index (χ0n) is 9.12. The third kappa shape index (κ3) is 7.06.